The number of thiol groups is 1. The van der Waals surface area contributed by atoms with Crippen LogP contribution in [0, 0.1) is 0 Å². The monoisotopic (exact) mass is 237 g/mol. The summed E-state index contributed by atoms with van der Waals surface area (Å²) in [5.41, 5.74) is 0.689. The van der Waals surface area contributed by atoms with Crippen molar-refractivity contribution in [3.8, 4) is 0 Å². The lowest BCUT2D eigenvalue weighted by Crippen LogP contribution is -2.40. The fourth-order valence-corrected chi connectivity index (χ4v) is 2.00. The van der Waals surface area contributed by atoms with Crippen molar-refractivity contribution >= 4 is 18.5 Å². The van der Waals surface area contributed by atoms with Crippen molar-refractivity contribution in [3.05, 3.63) is 29.8 Å². The van der Waals surface area contributed by atoms with Crippen molar-refractivity contribution in [3.63, 3.8) is 0 Å². The summed E-state index contributed by atoms with van der Waals surface area (Å²) < 4.78 is 0. The van der Waals surface area contributed by atoms with Gasteiger partial charge in [-0.25, -0.2) is 0 Å². The van der Waals surface area contributed by atoms with Crippen molar-refractivity contribution < 1.29 is 9.90 Å². The number of likely N-dealkylation sites (tertiary alicyclic amines) is 1. The fourth-order valence-electron chi connectivity index (χ4n) is 1.86. The maximum absolute atomic E-state index is 12.0. The number of aliphatic hydroxyl groups is 1. The molecule has 0 bridgehead atoms. The third-order valence-electron chi connectivity index (χ3n) is 2.87. The number of hydrogen-bond donors (Lipinski definition) is 2. The molecule has 1 fully saturated rings. The molecule has 0 saturated carbocycles. The van der Waals surface area contributed by atoms with Gasteiger partial charge >= 0.3 is 0 Å². The van der Waals surface area contributed by atoms with E-state index in [0.29, 0.717) is 31.5 Å². The summed E-state index contributed by atoms with van der Waals surface area (Å²) >= 11 is 4.18. The molecule has 1 aliphatic heterocycles. The summed E-state index contributed by atoms with van der Waals surface area (Å²) in [4.78, 5) is 14.7. The van der Waals surface area contributed by atoms with Crippen LogP contribution in [0.4, 0.5) is 0 Å². The molecule has 86 valence electrons. The van der Waals surface area contributed by atoms with Crippen molar-refractivity contribution in [2.24, 2.45) is 0 Å². The Morgan fingerprint density at radius 2 is 1.81 bits per heavy atom. The van der Waals surface area contributed by atoms with Crippen molar-refractivity contribution in [1.29, 1.82) is 0 Å². The lowest BCUT2D eigenvalue weighted by molar-refractivity contribution is 0.0546. The predicted octanol–water partition coefficient (Wildman–Crippen LogP) is 1.57. The first kappa shape index (κ1) is 11.5. The van der Waals surface area contributed by atoms with Crippen LogP contribution in [0.1, 0.15) is 23.2 Å². The highest BCUT2D eigenvalue weighted by Crippen LogP contribution is 2.15. The van der Waals surface area contributed by atoms with E-state index < -0.39 is 0 Å². The highest BCUT2D eigenvalue weighted by molar-refractivity contribution is 7.80. The first-order valence-corrected chi connectivity index (χ1v) is 5.88. The van der Waals surface area contributed by atoms with Crippen LogP contribution in [0.3, 0.4) is 0 Å². The van der Waals surface area contributed by atoms with Gasteiger partial charge in [-0.15, -0.1) is 12.6 Å². The van der Waals surface area contributed by atoms with Gasteiger partial charge in [0.15, 0.2) is 0 Å². The SMILES string of the molecule is O=C(c1ccc(S)cc1)N1CCC(O)CC1. The predicted molar refractivity (Wildman–Crippen MR) is 64.8 cm³/mol. The number of aliphatic hydroxyl groups excluding tert-OH is 1. The van der Waals surface area contributed by atoms with E-state index in [9.17, 15) is 9.90 Å². The van der Waals surface area contributed by atoms with Gasteiger partial charge in [-0.3, -0.25) is 4.79 Å². The van der Waals surface area contributed by atoms with Crippen LogP contribution in [-0.4, -0.2) is 35.1 Å². The first-order chi connectivity index (χ1) is 7.66. The van der Waals surface area contributed by atoms with E-state index in [1.165, 1.54) is 0 Å². The topological polar surface area (TPSA) is 40.5 Å². The minimum Gasteiger partial charge on any atom is -0.393 e. The summed E-state index contributed by atoms with van der Waals surface area (Å²) in [5, 5.41) is 9.37. The lowest BCUT2D eigenvalue weighted by Gasteiger charge is -2.29. The zero-order valence-corrected chi connectivity index (χ0v) is 9.86. The molecule has 16 heavy (non-hydrogen) atoms. The van der Waals surface area contributed by atoms with Crippen LogP contribution in [0.25, 0.3) is 0 Å². The molecule has 1 saturated heterocycles. The minimum absolute atomic E-state index is 0.0419. The number of carbonyl (C=O) groups excluding carboxylic acids is 1. The van der Waals surface area contributed by atoms with E-state index in [0.717, 1.165) is 4.90 Å². The molecule has 3 nitrogen and oxygen atoms in total. The molecule has 0 radical (unpaired) electrons. The van der Waals surface area contributed by atoms with Crippen LogP contribution in [0.2, 0.25) is 0 Å². The number of amides is 1. The largest absolute Gasteiger partial charge is 0.393 e. The van der Waals surface area contributed by atoms with Crippen LogP contribution in [0.15, 0.2) is 29.2 Å². The third kappa shape index (κ3) is 2.57. The Balaban J connectivity index is 2.05. The lowest BCUT2D eigenvalue weighted by atomic mass is 10.1. The van der Waals surface area contributed by atoms with Crippen LogP contribution >= 0.6 is 12.6 Å². The van der Waals surface area contributed by atoms with Gasteiger partial charge in [0.05, 0.1) is 6.10 Å². The van der Waals surface area contributed by atoms with Crippen LogP contribution in [-0.2, 0) is 0 Å². The number of hydrogen-bond acceptors (Lipinski definition) is 3. The molecule has 0 spiro atoms. The van der Waals surface area contributed by atoms with Gasteiger partial charge in [0.2, 0.25) is 0 Å². The third-order valence-corrected chi connectivity index (χ3v) is 3.16. The van der Waals surface area contributed by atoms with Crippen molar-refractivity contribution in [2.45, 2.75) is 23.8 Å². The molecule has 1 aromatic rings. The van der Waals surface area contributed by atoms with Crippen molar-refractivity contribution in [1.82, 2.24) is 4.90 Å². The normalized spacial score (nSPS) is 17.5. The second-order valence-corrected chi connectivity index (χ2v) is 4.59. The van der Waals surface area contributed by atoms with Gasteiger partial charge in [0, 0.05) is 23.5 Å². The van der Waals surface area contributed by atoms with E-state index in [1.807, 2.05) is 12.1 Å². The van der Waals surface area contributed by atoms with Crippen LogP contribution in [0.5, 0.6) is 0 Å². The molecule has 2 rings (SSSR count). The molecule has 4 heteroatoms. The quantitative estimate of drug-likeness (QED) is 0.728. The number of carbonyl (C=O) groups is 1. The summed E-state index contributed by atoms with van der Waals surface area (Å²) in [6, 6.07) is 7.20. The molecule has 1 heterocycles. The average molecular weight is 237 g/mol. The van der Waals surface area contributed by atoms with Crippen molar-refractivity contribution in [2.75, 3.05) is 13.1 Å². The maximum Gasteiger partial charge on any atom is 0.253 e. The van der Waals surface area contributed by atoms with Gasteiger partial charge in [-0.2, -0.15) is 0 Å². The number of nitrogens with zero attached hydrogens (tertiary/aromatic N) is 1. The van der Waals surface area contributed by atoms with E-state index in [4.69, 9.17) is 0 Å². The summed E-state index contributed by atoms with van der Waals surface area (Å²) in [6.45, 7) is 1.28. The number of benzene rings is 1. The van der Waals surface area contributed by atoms with Gasteiger partial charge in [-0.05, 0) is 37.1 Å². The molecule has 0 unspecified atom stereocenters. The molecule has 0 aliphatic carbocycles. The molecule has 1 N–H and O–H groups in total. The van der Waals surface area contributed by atoms with E-state index >= 15 is 0 Å². The van der Waals surface area contributed by atoms with Gasteiger partial charge in [-0.1, -0.05) is 0 Å². The number of piperidine rings is 1. The highest BCUT2D eigenvalue weighted by atomic mass is 32.1. The smallest absolute Gasteiger partial charge is 0.253 e. The Hall–Kier alpha value is -1.00. The fraction of sp³-hybridized carbons (Fsp3) is 0.417. The Kier molecular flexibility index (Phi) is 3.51. The standard InChI is InChI=1S/C12H15NO2S/c14-10-5-7-13(8-6-10)12(15)9-1-3-11(16)4-2-9/h1-4,10,14,16H,5-8H2. The molecule has 0 atom stereocenters. The van der Waals surface area contributed by atoms with E-state index in [-0.39, 0.29) is 12.0 Å². The molecular formula is C12H15NO2S. The summed E-state index contributed by atoms with van der Waals surface area (Å²) in [7, 11) is 0. The molecular weight excluding hydrogens is 222 g/mol. The molecule has 1 amide bonds. The Bertz CT molecular complexity index is 369. The van der Waals surface area contributed by atoms with E-state index in [2.05, 4.69) is 12.6 Å². The minimum atomic E-state index is -0.246. The second kappa shape index (κ2) is 4.89. The Labute approximate surface area is 100 Å². The van der Waals surface area contributed by atoms with Gasteiger partial charge in [0.25, 0.3) is 5.91 Å². The Morgan fingerprint density at radius 1 is 1.25 bits per heavy atom. The van der Waals surface area contributed by atoms with Gasteiger partial charge < -0.3 is 10.0 Å². The van der Waals surface area contributed by atoms with Crippen LogP contribution < -0.4 is 0 Å². The van der Waals surface area contributed by atoms with Gasteiger partial charge in [0.1, 0.15) is 0 Å². The first-order valence-electron chi connectivity index (χ1n) is 5.43. The highest BCUT2D eigenvalue weighted by Gasteiger charge is 2.21. The molecule has 1 aliphatic rings. The average Bonchev–Trinajstić information content (AvgIpc) is 2.30. The second-order valence-electron chi connectivity index (χ2n) is 4.07. The molecule has 0 aromatic heterocycles. The number of rotatable bonds is 1. The zero-order chi connectivity index (χ0) is 11.5. The molecule has 1 aromatic carbocycles. The summed E-state index contributed by atoms with van der Waals surface area (Å²) in [6.07, 6.45) is 1.11. The van der Waals surface area contributed by atoms with E-state index in [1.54, 1.807) is 17.0 Å². The zero-order valence-electron chi connectivity index (χ0n) is 8.97. The maximum atomic E-state index is 12.0. The Morgan fingerprint density at radius 3 is 2.38 bits per heavy atom. The summed E-state index contributed by atoms with van der Waals surface area (Å²) in [5.74, 6) is 0.0419.